The molecule has 0 saturated heterocycles. The number of rotatable bonds is 4. The highest BCUT2D eigenvalue weighted by Crippen LogP contribution is 2.47. The molecule has 142 valence electrons. The zero-order valence-corrected chi connectivity index (χ0v) is 14.4. The normalized spacial score (nSPS) is 21.9. The maximum absolute atomic E-state index is 13.5. The second-order valence-corrected chi connectivity index (χ2v) is 6.52. The molecule has 0 N–H and O–H groups in total. The first-order valence-electron chi connectivity index (χ1n) is 7.93. The van der Waals surface area contributed by atoms with Crippen molar-refractivity contribution in [1.29, 1.82) is 0 Å². The molecule has 1 aliphatic heterocycles. The molecule has 9 heteroatoms. The number of carbonyl (C=O) groups is 1. The Bertz CT molecular complexity index is 873. The predicted octanol–water partition coefficient (Wildman–Crippen LogP) is 4.67. The minimum Gasteiger partial charge on any atom is -0.472 e. The van der Waals surface area contributed by atoms with Crippen molar-refractivity contribution in [3.8, 4) is 5.75 Å². The number of Topliss-reactive ketones (excluding diaryl/α,β-unsaturated/α-hetero) is 1. The third kappa shape index (κ3) is 3.75. The zero-order valence-electron chi connectivity index (χ0n) is 13.7. The smallest absolute Gasteiger partial charge is 0.432 e. The average Bonchev–Trinajstić information content (AvgIpc) is 2.61. The van der Waals surface area contributed by atoms with Gasteiger partial charge in [0, 0.05) is 22.5 Å². The molecule has 0 aromatic heterocycles. The molecule has 2 aromatic rings. The van der Waals surface area contributed by atoms with E-state index in [1.165, 1.54) is 30.3 Å². The Morgan fingerprint density at radius 3 is 2.41 bits per heavy atom. The first-order chi connectivity index (χ1) is 12.7. The molecular formula is C18H13ClF3NO4. The van der Waals surface area contributed by atoms with Crippen LogP contribution in [0.1, 0.15) is 28.3 Å². The lowest BCUT2D eigenvalue weighted by molar-refractivity contribution is -0.548. The van der Waals surface area contributed by atoms with Gasteiger partial charge in [-0.25, -0.2) is 0 Å². The van der Waals surface area contributed by atoms with Crippen molar-refractivity contribution >= 4 is 17.4 Å². The van der Waals surface area contributed by atoms with Crippen molar-refractivity contribution in [3.63, 3.8) is 0 Å². The molecule has 1 aliphatic rings. The fraction of sp³-hybridized carbons (Fsp3) is 0.278. The molecule has 0 radical (unpaired) electrons. The van der Waals surface area contributed by atoms with Crippen LogP contribution in [-0.4, -0.2) is 29.0 Å². The van der Waals surface area contributed by atoms with Gasteiger partial charge in [-0.1, -0.05) is 54.1 Å². The number of ether oxygens (including phenoxy) is 1. The maximum atomic E-state index is 13.5. The summed E-state index contributed by atoms with van der Waals surface area (Å²) < 4.78 is 45.3. The highest BCUT2D eigenvalue weighted by Gasteiger charge is 2.59. The van der Waals surface area contributed by atoms with Crippen LogP contribution in [0.5, 0.6) is 5.75 Å². The number of ketones is 1. The number of nitrogens with zero attached hydrogens (tertiary/aromatic N) is 1. The summed E-state index contributed by atoms with van der Waals surface area (Å²) in [7, 11) is 0. The van der Waals surface area contributed by atoms with Crippen molar-refractivity contribution in [2.24, 2.45) is 0 Å². The maximum Gasteiger partial charge on any atom is 0.432 e. The molecule has 3 atom stereocenters. The average molecular weight is 400 g/mol. The largest absolute Gasteiger partial charge is 0.472 e. The molecule has 5 nitrogen and oxygen atoms in total. The highest BCUT2D eigenvalue weighted by atomic mass is 35.5. The summed E-state index contributed by atoms with van der Waals surface area (Å²) in [6.07, 6.45) is -8.17. The molecule has 2 aromatic carbocycles. The first kappa shape index (κ1) is 19.2. The van der Waals surface area contributed by atoms with Gasteiger partial charge in [-0.05, 0) is 6.07 Å². The first-order valence-corrected chi connectivity index (χ1v) is 8.31. The Balaban J connectivity index is 2.08. The van der Waals surface area contributed by atoms with Crippen molar-refractivity contribution in [2.75, 3.05) is 0 Å². The minimum atomic E-state index is -5.00. The van der Waals surface area contributed by atoms with Crippen molar-refractivity contribution in [2.45, 2.75) is 30.7 Å². The van der Waals surface area contributed by atoms with Crippen molar-refractivity contribution in [1.82, 2.24) is 0 Å². The third-order valence-corrected chi connectivity index (χ3v) is 4.73. The van der Waals surface area contributed by atoms with Gasteiger partial charge >= 0.3 is 6.18 Å². The minimum absolute atomic E-state index is 0.0966. The second-order valence-electron chi connectivity index (χ2n) is 6.11. The molecule has 0 aliphatic carbocycles. The van der Waals surface area contributed by atoms with Crippen LogP contribution in [-0.2, 0) is 0 Å². The standard InChI is InChI=1S/C18H13ClF3NO4/c19-13-8-4-7-11-12(9-14(24)10-5-2-1-3-6-10)15(23(25)26)17(18(20,21)22)27-16(11)13/h1-8,12,15,17H,9H2/t12-,15+,17+/m1/s1. The van der Waals surface area contributed by atoms with Gasteiger partial charge < -0.3 is 4.74 Å². The van der Waals surface area contributed by atoms with Gasteiger partial charge in [-0.3, -0.25) is 14.9 Å². The van der Waals surface area contributed by atoms with Crippen LogP contribution >= 0.6 is 11.6 Å². The molecule has 0 amide bonds. The molecular weight excluding hydrogens is 387 g/mol. The van der Waals surface area contributed by atoms with Gasteiger partial charge in [0.05, 0.1) is 10.9 Å². The summed E-state index contributed by atoms with van der Waals surface area (Å²) in [5.74, 6) is -2.10. The van der Waals surface area contributed by atoms with Crippen LogP contribution in [0.2, 0.25) is 5.02 Å². The number of nitro groups is 1. The van der Waals surface area contributed by atoms with Crippen LogP contribution in [0.15, 0.2) is 48.5 Å². The van der Waals surface area contributed by atoms with E-state index in [0.29, 0.717) is 0 Å². The number of fused-ring (bicyclic) bond motifs is 1. The summed E-state index contributed by atoms with van der Waals surface area (Å²) in [4.78, 5) is 23.0. The van der Waals surface area contributed by atoms with E-state index < -0.39 is 41.4 Å². The van der Waals surface area contributed by atoms with Crippen LogP contribution in [0, 0.1) is 10.1 Å². The van der Waals surface area contributed by atoms with Gasteiger partial charge in [0.15, 0.2) is 5.78 Å². The summed E-state index contributed by atoms with van der Waals surface area (Å²) in [5.41, 5.74) is 0.382. The quantitative estimate of drug-likeness (QED) is 0.426. The second kappa shape index (κ2) is 7.19. The van der Waals surface area contributed by atoms with E-state index in [4.69, 9.17) is 16.3 Å². The Labute approximate surface area is 156 Å². The molecule has 3 rings (SSSR count). The number of halogens is 4. The lowest BCUT2D eigenvalue weighted by Crippen LogP contribution is -2.53. The van der Waals surface area contributed by atoms with Gasteiger partial charge in [0.2, 0.25) is 0 Å². The van der Waals surface area contributed by atoms with Crippen LogP contribution in [0.25, 0.3) is 0 Å². The molecule has 27 heavy (non-hydrogen) atoms. The van der Waals surface area contributed by atoms with Crippen LogP contribution in [0.3, 0.4) is 0 Å². The number of carbonyl (C=O) groups excluding carboxylic acids is 1. The molecule has 0 saturated carbocycles. The molecule has 1 heterocycles. The van der Waals surface area contributed by atoms with E-state index in [1.54, 1.807) is 18.2 Å². The van der Waals surface area contributed by atoms with Gasteiger partial charge in [0.25, 0.3) is 12.1 Å². The Morgan fingerprint density at radius 2 is 1.81 bits per heavy atom. The fourth-order valence-electron chi connectivity index (χ4n) is 3.22. The number of benzene rings is 2. The third-order valence-electron chi connectivity index (χ3n) is 4.43. The van der Waals surface area contributed by atoms with Gasteiger partial charge in [0.1, 0.15) is 5.75 Å². The topological polar surface area (TPSA) is 69.4 Å². The predicted molar refractivity (Wildman–Crippen MR) is 90.8 cm³/mol. The number of para-hydroxylation sites is 1. The Hall–Kier alpha value is -2.61. The Morgan fingerprint density at radius 1 is 1.15 bits per heavy atom. The van der Waals surface area contributed by atoms with E-state index in [0.717, 1.165) is 0 Å². The number of hydrogen-bond donors (Lipinski definition) is 0. The van der Waals surface area contributed by atoms with Gasteiger partial charge in [-0.15, -0.1) is 0 Å². The monoisotopic (exact) mass is 399 g/mol. The van der Waals surface area contributed by atoms with Crippen LogP contribution in [0.4, 0.5) is 13.2 Å². The van der Waals surface area contributed by atoms with Crippen molar-refractivity contribution < 1.29 is 27.6 Å². The van der Waals surface area contributed by atoms with Gasteiger partial charge in [-0.2, -0.15) is 13.2 Å². The van der Waals surface area contributed by atoms with E-state index in [2.05, 4.69) is 0 Å². The highest BCUT2D eigenvalue weighted by molar-refractivity contribution is 6.32. The summed E-state index contributed by atoms with van der Waals surface area (Å²) in [5, 5.41) is 11.4. The Kier molecular flexibility index (Phi) is 5.10. The SMILES string of the molecule is O=C(C[C@@H]1c2cccc(Cl)c2O[C@H](C(F)(F)F)[C@H]1[N+](=O)[O-])c1ccccc1. The molecule has 0 fully saturated rings. The van der Waals surface area contributed by atoms with E-state index in [9.17, 15) is 28.1 Å². The zero-order chi connectivity index (χ0) is 19.8. The lowest BCUT2D eigenvalue weighted by Gasteiger charge is -2.35. The molecule has 0 bridgehead atoms. The molecule has 0 spiro atoms. The number of hydrogen-bond acceptors (Lipinski definition) is 4. The van der Waals surface area contributed by atoms with Crippen molar-refractivity contribution in [3.05, 3.63) is 74.8 Å². The fourth-order valence-corrected chi connectivity index (χ4v) is 3.45. The van der Waals surface area contributed by atoms with E-state index in [1.807, 2.05) is 0 Å². The lowest BCUT2D eigenvalue weighted by atomic mass is 9.81. The summed E-state index contributed by atoms with van der Waals surface area (Å²) in [6.45, 7) is 0. The summed E-state index contributed by atoms with van der Waals surface area (Å²) >= 11 is 5.96. The summed E-state index contributed by atoms with van der Waals surface area (Å²) in [6, 6.07) is 9.91. The molecule has 0 unspecified atom stereocenters. The van der Waals surface area contributed by atoms with E-state index in [-0.39, 0.29) is 21.9 Å². The number of alkyl halides is 3. The van der Waals surface area contributed by atoms with Crippen LogP contribution < -0.4 is 4.74 Å². The van der Waals surface area contributed by atoms with E-state index >= 15 is 0 Å².